The Morgan fingerprint density at radius 2 is 1.83 bits per heavy atom. The van der Waals surface area contributed by atoms with Crippen molar-refractivity contribution in [2.24, 2.45) is 0 Å². The minimum absolute atomic E-state index is 0.0524. The maximum absolute atomic E-state index is 13.6. The summed E-state index contributed by atoms with van der Waals surface area (Å²) >= 11 is 1.56. The lowest BCUT2D eigenvalue weighted by atomic mass is 10.2. The molecule has 1 aromatic heterocycles. The van der Waals surface area contributed by atoms with E-state index in [4.69, 9.17) is 0 Å². The van der Waals surface area contributed by atoms with Gasteiger partial charge in [0.1, 0.15) is 12.4 Å². The molecule has 0 aliphatic carbocycles. The Morgan fingerprint density at radius 3 is 2.59 bits per heavy atom. The van der Waals surface area contributed by atoms with Gasteiger partial charge in [0.25, 0.3) is 0 Å². The van der Waals surface area contributed by atoms with E-state index in [9.17, 15) is 22.8 Å². The summed E-state index contributed by atoms with van der Waals surface area (Å²) < 4.78 is 41.5. The number of anilines is 1. The fourth-order valence-electron chi connectivity index (χ4n) is 2.74. The predicted octanol–water partition coefficient (Wildman–Crippen LogP) is 3.07. The van der Waals surface area contributed by atoms with Crippen molar-refractivity contribution < 1.29 is 22.8 Å². The molecule has 0 aliphatic heterocycles. The number of fused-ring (bicyclic) bond motifs is 1. The number of carbonyl (C=O) groups is 2. The standard InChI is InChI=1S/C19H17F3N4O2S/c1-29-10-15-24-12-4-2-3-5-14(12)26(15)9-17(28)23-8-16(27)25-13-7-6-11(20)18(21)19(13)22/h2-7H,8-10H2,1H3,(H,23,28)(H,25,27). The molecule has 10 heteroatoms. The van der Waals surface area contributed by atoms with E-state index in [1.807, 2.05) is 30.5 Å². The zero-order valence-corrected chi connectivity index (χ0v) is 16.2. The summed E-state index contributed by atoms with van der Waals surface area (Å²) in [5.41, 5.74) is 1.04. The Balaban J connectivity index is 1.63. The SMILES string of the molecule is CSCc1nc2ccccc2n1CC(=O)NCC(=O)Nc1ccc(F)c(F)c1F. The molecule has 0 spiro atoms. The summed E-state index contributed by atoms with van der Waals surface area (Å²) in [6, 6.07) is 8.98. The van der Waals surface area contributed by atoms with E-state index in [0.29, 0.717) is 11.8 Å². The molecular formula is C19H17F3N4O2S. The predicted molar refractivity (Wildman–Crippen MR) is 105 cm³/mol. The molecule has 1 heterocycles. The minimum atomic E-state index is -1.68. The number of nitrogens with one attached hydrogen (secondary N) is 2. The van der Waals surface area contributed by atoms with E-state index in [2.05, 4.69) is 15.6 Å². The first-order valence-corrected chi connectivity index (χ1v) is 9.93. The van der Waals surface area contributed by atoms with Crippen LogP contribution in [-0.2, 0) is 21.9 Å². The zero-order valence-electron chi connectivity index (χ0n) is 15.3. The smallest absolute Gasteiger partial charge is 0.243 e. The first kappa shape index (κ1) is 20.7. The second-order valence-electron chi connectivity index (χ2n) is 6.08. The molecule has 0 bridgehead atoms. The minimum Gasteiger partial charge on any atom is -0.345 e. The van der Waals surface area contributed by atoms with Crippen LogP contribution < -0.4 is 10.6 Å². The third-order valence-electron chi connectivity index (χ3n) is 4.06. The van der Waals surface area contributed by atoms with E-state index >= 15 is 0 Å². The molecule has 152 valence electrons. The van der Waals surface area contributed by atoms with E-state index in [1.54, 1.807) is 16.3 Å². The molecule has 0 saturated carbocycles. The molecule has 6 nitrogen and oxygen atoms in total. The summed E-state index contributed by atoms with van der Waals surface area (Å²) in [6.45, 7) is -0.509. The molecule has 2 aromatic carbocycles. The number of hydrogen-bond acceptors (Lipinski definition) is 4. The molecule has 0 saturated heterocycles. The van der Waals surface area contributed by atoms with Crippen molar-refractivity contribution in [3.63, 3.8) is 0 Å². The lowest BCUT2D eigenvalue weighted by molar-refractivity contribution is -0.124. The summed E-state index contributed by atoms with van der Waals surface area (Å²) in [5.74, 6) is -4.43. The molecular weight excluding hydrogens is 405 g/mol. The quantitative estimate of drug-likeness (QED) is 0.574. The number of carbonyl (C=O) groups excluding carboxylic acids is 2. The van der Waals surface area contributed by atoms with Crippen LogP contribution in [0.1, 0.15) is 5.82 Å². The fraction of sp³-hybridized carbons (Fsp3) is 0.211. The third kappa shape index (κ3) is 4.70. The molecule has 0 aliphatic rings. The molecule has 2 amide bonds. The van der Waals surface area contributed by atoms with Gasteiger partial charge in [-0.25, -0.2) is 18.2 Å². The van der Waals surface area contributed by atoms with Crippen LogP contribution in [0.2, 0.25) is 0 Å². The van der Waals surface area contributed by atoms with E-state index in [0.717, 1.165) is 22.9 Å². The van der Waals surface area contributed by atoms with Crippen LogP contribution in [0.5, 0.6) is 0 Å². The molecule has 0 fully saturated rings. The molecule has 3 rings (SSSR count). The van der Waals surface area contributed by atoms with Gasteiger partial charge in [-0.1, -0.05) is 12.1 Å². The van der Waals surface area contributed by atoms with Gasteiger partial charge in [-0.2, -0.15) is 11.8 Å². The molecule has 29 heavy (non-hydrogen) atoms. The Hall–Kier alpha value is -3.01. The van der Waals surface area contributed by atoms with Gasteiger partial charge in [-0.05, 0) is 30.5 Å². The second-order valence-corrected chi connectivity index (χ2v) is 6.95. The number of rotatable bonds is 7. The third-order valence-corrected chi connectivity index (χ3v) is 4.61. The highest BCUT2D eigenvalue weighted by Crippen LogP contribution is 2.20. The highest BCUT2D eigenvalue weighted by molar-refractivity contribution is 7.97. The molecule has 2 N–H and O–H groups in total. The Kier molecular flexibility index (Phi) is 6.42. The van der Waals surface area contributed by atoms with Crippen LogP contribution in [0.3, 0.4) is 0 Å². The molecule has 0 unspecified atom stereocenters. The first-order chi connectivity index (χ1) is 13.9. The van der Waals surface area contributed by atoms with Crippen molar-refractivity contribution in [2.75, 3.05) is 18.1 Å². The number of para-hydroxylation sites is 2. The van der Waals surface area contributed by atoms with Gasteiger partial charge in [0.15, 0.2) is 17.5 Å². The number of halogens is 3. The summed E-state index contributed by atoms with van der Waals surface area (Å²) in [6.07, 6.45) is 1.92. The summed E-state index contributed by atoms with van der Waals surface area (Å²) in [4.78, 5) is 28.7. The van der Waals surface area contributed by atoms with E-state index in [1.165, 1.54) is 0 Å². The van der Waals surface area contributed by atoms with Crippen molar-refractivity contribution in [1.82, 2.24) is 14.9 Å². The lowest BCUT2D eigenvalue weighted by Crippen LogP contribution is -2.35. The van der Waals surface area contributed by atoms with Gasteiger partial charge in [0.2, 0.25) is 11.8 Å². The van der Waals surface area contributed by atoms with Crippen LogP contribution in [0, 0.1) is 17.5 Å². The Morgan fingerprint density at radius 1 is 1.07 bits per heavy atom. The van der Waals surface area contributed by atoms with Gasteiger partial charge in [0.05, 0.1) is 29.0 Å². The molecule has 0 radical (unpaired) electrons. The summed E-state index contributed by atoms with van der Waals surface area (Å²) in [5, 5.41) is 4.52. The topological polar surface area (TPSA) is 76.0 Å². The molecule has 0 atom stereocenters. The summed E-state index contributed by atoms with van der Waals surface area (Å²) in [7, 11) is 0. The van der Waals surface area contributed by atoms with E-state index in [-0.39, 0.29) is 6.54 Å². The van der Waals surface area contributed by atoms with Gasteiger partial charge < -0.3 is 15.2 Å². The van der Waals surface area contributed by atoms with Crippen molar-refractivity contribution in [3.05, 3.63) is 59.7 Å². The average molecular weight is 422 g/mol. The van der Waals surface area contributed by atoms with Crippen LogP contribution in [-0.4, -0.2) is 34.2 Å². The number of imidazole rings is 1. The normalized spacial score (nSPS) is 10.9. The van der Waals surface area contributed by atoms with Gasteiger partial charge >= 0.3 is 0 Å². The van der Waals surface area contributed by atoms with Crippen LogP contribution in [0.25, 0.3) is 11.0 Å². The van der Waals surface area contributed by atoms with Crippen LogP contribution >= 0.6 is 11.8 Å². The van der Waals surface area contributed by atoms with Crippen molar-refractivity contribution in [1.29, 1.82) is 0 Å². The van der Waals surface area contributed by atoms with Crippen LogP contribution in [0.15, 0.2) is 36.4 Å². The number of hydrogen-bond donors (Lipinski definition) is 2. The Bertz CT molecular complexity index is 1070. The monoisotopic (exact) mass is 422 g/mol. The molecule has 3 aromatic rings. The number of aromatic nitrogens is 2. The number of nitrogens with zero attached hydrogens (tertiary/aromatic N) is 2. The van der Waals surface area contributed by atoms with Gasteiger partial charge in [-0.3, -0.25) is 9.59 Å². The lowest BCUT2D eigenvalue weighted by Gasteiger charge is -2.10. The second kappa shape index (κ2) is 8.99. The average Bonchev–Trinajstić information content (AvgIpc) is 3.04. The number of amides is 2. The number of thioether (sulfide) groups is 1. The highest BCUT2D eigenvalue weighted by Gasteiger charge is 2.17. The van der Waals surface area contributed by atoms with Gasteiger partial charge in [0, 0.05) is 0 Å². The van der Waals surface area contributed by atoms with Crippen molar-refractivity contribution >= 4 is 40.3 Å². The Labute approximate surface area is 168 Å². The van der Waals surface area contributed by atoms with Crippen molar-refractivity contribution in [3.8, 4) is 0 Å². The zero-order chi connectivity index (χ0) is 21.0. The van der Waals surface area contributed by atoms with E-state index < -0.39 is 41.5 Å². The highest BCUT2D eigenvalue weighted by atomic mass is 32.2. The maximum atomic E-state index is 13.6. The number of benzene rings is 2. The first-order valence-electron chi connectivity index (χ1n) is 8.54. The maximum Gasteiger partial charge on any atom is 0.243 e. The fourth-order valence-corrected chi connectivity index (χ4v) is 3.21. The van der Waals surface area contributed by atoms with Crippen molar-refractivity contribution in [2.45, 2.75) is 12.3 Å². The van der Waals surface area contributed by atoms with Crippen LogP contribution in [0.4, 0.5) is 18.9 Å². The largest absolute Gasteiger partial charge is 0.345 e. The van der Waals surface area contributed by atoms with Gasteiger partial charge in [-0.15, -0.1) is 0 Å².